The van der Waals surface area contributed by atoms with Gasteiger partial charge in [0.1, 0.15) is 10.7 Å². The van der Waals surface area contributed by atoms with E-state index in [1.807, 2.05) is 13.8 Å². The molecule has 0 amide bonds. The first kappa shape index (κ1) is 16.4. The number of hydrogen-bond acceptors (Lipinski definition) is 3. The molecule has 1 N–H and O–H groups in total. The zero-order chi connectivity index (χ0) is 17.5. The Hall–Kier alpha value is -2.47. The van der Waals surface area contributed by atoms with Crippen molar-refractivity contribution in [3.05, 3.63) is 70.3 Å². The third-order valence-corrected chi connectivity index (χ3v) is 5.73. The molecule has 0 atom stereocenters. The Morgan fingerprint density at radius 1 is 1.04 bits per heavy atom. The highest BCUT2D eigenvalue weighted by Crippen LogP contribution is 2.22. The van der Waals surface area contributed by atoms with Crippen LogP contribution in [0.15, 0.2) is 63.2 Å². The summed E-state index contributed by atoms with van der Waals surface area (Å²) in [5.41, 5.74) is 0.676. The van der Waals surface area contributed by atoms with Crippen LogP contribution in [0.5, 0.6) is 0 Å². The molecule has 6 heteroatoms. The van der Waals surface area contributed by atoms with E-state index in [0.29, 0.717) is 5.52 Å². The average Bonchev–Trinajstić information content (AvgIpc) is 2.55. The van der Waals surface area contributed by atoms with E-state index >= 15 is 0 Å². The van der Waals surface area contributed by atoms with Crippen molar-refractivity contribution in [2.75, 3.05) is 0 Å². The van der Waals surface area contributed by atoms with Gasteiger partial charge in [0.05, 0.1) is 4.90 Å². The van der Waals surface area contributed by atoms with Crippen LogP contribution in [-0.4, -0.2) is 13.4 Å². The second-order valence-electron chi connectivity index (χ2n) is 5.90. The van der Waals surface area contributed by atoms with Gasteiger partial charge in [0.25, 0.3) is 0 Å². The highest BCUT2D eigenvalue weighted by molar-refractivity contribution is 7.91. The Labute approximate surface area is 138 Å². The van der Waals surface area contributed by atoms with Crippen LogP contribution in [-0.2, 0) is 9.84 Å². The van der Waals surface area contributed by atoms with Crippen molar-refractivity contribution in [2.24, 2.45) is 0 Å². The third kappa shape index (κ3) is 2.73. The molecular weight excluding hydrogens is 329 g/mol. The number of sulfone groups is 1. The Kier molecular flexibility index (Phi) is 4.01. The Balaban J connectivity index is 2.18. The molecular formula is C18H16FNO3S. The van der Waals surface area contributed by atoms with Crippen LogP contribution in [0.3, 0.4) is 0 Å². The lowest BCUT2D eigenvalue weighted by atomic mass is 10.0. The largest absolute Gasteiger partial charge is 0.360 e. The van der Waals surface area contributed by atoms with Crippen molar-refractivity contribution in [1.82, 2.24) is 4.98 Å². The number of aromatic amines is 1. The predicted molar refractivity (Wildman–Crippen MR) is 90.5 cm³/mol. The van der Waals surface area contributed by atoms with Gasteiger partial charge in [0, 0.05) is 17.1 Å². The fourth-order valence-corrected chi connectivity index (χ4v) is 3.85. The molecule has 0 unspecified atom stereocenters. The number of fused-ring (bicyclic) bond motifs is 1. The fraction of sp³-hybridized carbons (Fsp3) is 0.167. The molecule has 0 saturated heterocycles. The van der Waals surface area contributed by atoms with E-state index in [9.17, 15) is 17.6 Å². The summed E-state index contributed by atoms with van der Waals surface area (Å²) < 4.78 is 38.9. The first-order valence-electron chi connectivity index (χ1n) is 7.46. The molecule has 0 aliphatic rings. The van der Waals surface area contributed by atoms with Crippen molar-refractivity contribution in [1.29, 1.82) is 0 Å². The van der Waals surface area contributed by atoms with Crippen LogP contribution in [0.25, 0.3) is 10.9 Å². The quantitative estimate of drug-likeness (QED) is 0.788. The normalized spacial score (nSPS) is 12.0. The topological polar surface area (TPSA) is 67.0 Å². The van der Waals surface area contributed by atoms with Crippen molar-refractivity contribution in [3.8, 4) is 0 Å². The van der Waals surface area contributed by atoms with Gasteiger partial charge in [-0.1, -0.05) is 26.0 Å². The molecule has 0 saturated carbocycles. The van der Waals surface area contributed by atoms with E-state index < -0.39 is 26.0 Å². The molecule has 4 nitrogen and oxygen atoms in total. The first-order valence-corrected chi connectivity index (χ1v) is 8.95. The van der Waals surface area contributed by atoms with E-state index in [1.54, 1.807) is 12.1 Å². The van der Waals surface area contributed by atoms with Gasteiger partial charge in [-0.2, -0.15) is 0 Å². The summed E-state index contributed by atoms with van der Waals surface area (Å²) in [6, 6.07) is 10.1. The summed E-state index contributed by atoms with van der Waals surface area (Å²) in [6.45, 7) is 4.01. The fourth-order valence-electron chi connectivity index (χ4n) is 2.53. The maximum Gasteiger partial charge on any atom is 0.211 e. The first-order chi connectivity index (χ1) is 11.3. The van der Waals surface area contributed by atoms with Gasteiger partial charge in [-0.05, 0) is 41.8 Å². The lowest BCUT2D eigenvalue weighted by Crippen LogP contribution is -2.16. The summed E-state index contributed by atoms with van der Waals surface area (Å²) in [6.07, 6.45) is 1.16. The monoisotopic (exact) mass is 345 g/mol. The number of H-pyrrole nitrogens is 1. The highest BCUT2D eigenvalue weighted by Gasteiger charge is 2.22. The van der Waals surface area contributed by atoms with Crippen molar-refractivity contribution < 1.29 is 12.8 Å². The van der Waals surface area contributed by atoms with Gasteiger partial charge in [-0.25, -0.2) is 12.8 Å². The molecule has 1 aromatic heterocycles. The molecule has 0 radical (unpaired) electrons. The Bertz CT molecular complexity index is 1070. The zero-order valence-corrected chi connectivity index (χ0v) is 14.0. The summed E-state index contributed by atoms with van der Waals surface area (Å²) in [7, 11) is -3.98. The maximum absolute atomic E-state index is 13.4. The van der Waals surface area contributed by atoms with E-state index in [0.717, 1.165) is 17.8 Å². The van der Waals surface area contributed by atoms with Gasteiger partial charge < -0.3 is 4.98 Å². The van der Waals surface area contributed by atoms with E-state index in [1.165, 1.54) is 24.3 Å². The Morgan fingerprint density at radius 2 is 1.71 bits per heavy atom. The van der Waals surface area contributed by atoms with Gasteiger partial charge in [-0.15, -0.1) is 0 Å². The van der Waals surface area contributed by atoms with Gasteiger partial charge in [0.15, 0.2) is 0 Å². The Morgan fingerprint density at radius 3 is 2.33 bits per heavy atom. The number of hydrogen-bond donors (Lipinski definition) is 1. The predicted octanol–water partition coefficient (Wildman–Crippen LogP) is 3.62. The lowest BCUT2D eigenvalue weighted by Gasteiger charge is -2.08. The minimum atomic E-state index is -3.98. The van der Waals surface area contributed by atoms with Gasteiger partial charge in [0.2, 0.25) is 15.3 Å². The second-order valence-corrected chi connectivity index (χ2v) is 7.82. The molecule has 124 valence electrons. The third-order valence-electron chi connectivity index (χ3n) is 3.96. The summed E-state index contributed by atoms with van der Waals surface area (Å²) in [5.74, 6) is -0.322. The van der Waals surface area contributed by atoms with Gasteiger partial charge >= 0.3 is 0 Å². The second kappa shape index (κ2) is 5.87. The average molecular weight is 345 g/mol. The van der Waals surface area contributed by atoms with Crippen molar-refractivity contribution >= 4 is 20.7 Å². The van der Waals surface area contributed by atoms with Gasteiger partial charge in [-0.3, -0.25) is 4.79 Å². The maximum atomic E-state index is 13.4. The van der Waals surface area contributed by atoms with Crippen LogP contribution in [0.2, 0.25) is 0 Å². The lowest BCUT2D eigenvalue weighted by molar-refractivity contribution is 0.595. The highest BCUT2D eigenvalue weighted by atomic mass is 32.2. The number of nitrogens with one attached hydrogen (secondary N) is 1. The number of aromatic nitrogens is 1. The van der Waals surface area contributed by atoms with Crippen molar-refractivity contribution in [3.63, 3.8) is 0 Å². The summed E-state index contributed by atoms with van der Waals surface area (Å²) in [5, 5.41) is 0.00914. The van der Waals surface area contributed by atoms with E-state index in [2.05, 4.69) is 4.98 Å². The standard InChI is InChI=1S/C18H16FNO3S/c1-11(2)12-3-6-14(7-4-12)24(22,23)17-10-20-16-8-5-13(19)9-15(16)18(17)21/h3-11H,1-2H3,(H,20,21). The molecule has 0 bridgehead atoms. The van der Waals surface area contributed by atoms with E-state index in [4.69, 9.17) is 0 Å². The molecule has 0 aliphatic carbocycles. The van der Waals surface area contributed by atoms with Crippen molar-refractivity contribution in [2.45, 2.75) is 29.6 Å². The molecule has 3 rings (SSSR count). The molecule has 2 aromatic carbocycles. The van der Waals surface area contributed by atoms with Crippen LogP contribution >= 0.6 is 0 Å². The van der Waals surface area contributed by atoms with Crippen LogP contribution < -0.4 is 5.43 Å². The molecule has 1 heterocycles. The number of pyridine rings is 1. The minimum absolute atomic E-state index is 0.00914. The number of benzene rings is 2. The van der Waals surface area contributed by atoms with E-state index in [-0.39, 0.29) is 16.2 Å². The molecule has 0 aliphatic heterocycles. The van der Waals surface area contributed by atoms with Crippen LogP contribution in [0.4, 0.5) is 4.39 Å². The summed E-state index contributed by atoms with van der Waals surface area (Å²) >= 11 is 0. The number of rotatable bonds is 3. The smallest absolute Gasteiger partial charge is 0.211 e. The molecule has 3 aromatic rings. The zero-order valence-electron chi connectivity index (χ0n) is 13.2. The number of halogens is 1. The summed E-state index contributed by atoms with van der Waals surface area (Å²) in [4.78, 5) is 14.9. The molecule has 0 spiro atoms. The molecule has 24 heavy (non-hydrogen) atoms. The minimum Gasteiger partial charge on any atom is -0.360 e. The molecule has 0 fully saturated rings. The van der Waals surface area contributed by atoms with Crippen LogP contribution in [0.1, 0.15) is 25.3 Å². The SMILES string of the molecule is CC(C)c1ccc(S(=O)(=O)c2c[nH]c3ccc(F)cc3c2=O)cc1. The van der Waals surface area contributed by atoms with Crippen LogP contribution in [0, 0.1) is 5.82 Å².